The first-order chi connectivity index (χ1) is 9.30. The molecule has 0 saturated carbocycles. The van der Waals surface area contributed by atoms with E-state index < -0.39 is 15.7 Å². The summed E-state index contributed by atoms with van der Waals surface area (Å²) in [4.78, 5) is 24.1. The number of rotatable bonds is 3. The highest BCUT2D eigenvalue weighted by molar-refractivity contribution is 6.77. The summed E-state index contributed by atoms with van der Waals surface area (Å²) in [5.41, 5.74) is 0.464. The van der Waals surface area contributed by atoms with Crippen LogP contribution >= 0.6 is 34.8 Å². The quantitative estimate of drug-likeness (QED) is 0.625. The maximum atomic E-state index is 12.2. The Morgan fingerprint density at radius 2 is 2.05 bits per heavy atom. The van der Waals surface area contributed by atoms with Crippen molar-refractivity contribution in [2.24, 2.45) is 7.05 Å². The molecule has 2 heterocycles. The summed E-state index contributed by atoms with van der Waals surface area (Å²) in [7, 11) is 1.60. The molecule has 1 fully saturated rings. The van der Waals surface area contributed by atoms with Crippen LogP contribution < -0.4 is 0 Å². The molecule has 1 unspecified atom stereocenters. The minimum atomic E-state index is -2.06. The molecule has 110 valence electrons. The Morgan fingerprint density at radius 1 is 1.35 bits per heavy atom. The van der Waals surface area contributed by atoms with Gasteiger partial charge < -0.3 is 14.0 Å². The number of ether oxygens (including phenoxy) is 2. The predicted molar refractivity (Wildman–Crippen MR) is 74.9 cm³/mol. The van der Waals surface area contributed by atoms with Gasteiger partial charge in [-0.05, 0) is 6.07 Å². The summed E-state index contributed by atoms with van der Waals surface area (Å²) in [6.07, 6.45) is 0.839. The number of aryl methyl sites for hydroxylation is 1. The zero-order valence-electron chi connectivity index (χ0n) is 10.6. The number of alkyl halides is 3. The fourth-order valence-corrected chi connectivity index (χ4v) is 2.19. The lowest BCUT2D eigenvalue weighted by molar-refractivity contribution is -0.0719. The second-order valence-electron chi connectivity index (χ2n) is 4.35. The Labute approximate surface area is 130 Å². The second-order valence-corrected chi connectivity index (χ2v) is 6.63. The monoisotopic (exact) mass is 339 g/mol. The van der Waals surface area contributed by atoms with Gasteiger partial charge in [-0.15, -0.1) is 0 Å². The van der Waals surface area contributed by atoms with E-state index in [2.05, 4.69) is 0 Å². The van der Waals surface area contributed by atoms with Crippen molar-refractivity contribution in [3.05, 3.63) is 23.5 Å². The van der Waals surface area contributed by atoms with Gasteiger partial charge in [0.25, 0.3) is 3.79 Å². The van der Waals surface area contributed by atoms with Crippen LogP contribution in [0.5, 0.6) is 0 Å². The van der Waals surface area contributed by atoms with Crippen molar-refractivity contribution in [2.75, 3.05) is 19.8 Å². The van der Waals surface area contributed by atoms with Crippen molar-refractivity contribution >= 4 is 46.4 Å². The van der Waals surface area contributed by atoms with Gasteiger partial charge in [0.1, 0.15) is 6.10 Å². The Balaban J connectivity index is 2.22. The molecule has 2 rings (SSSR count). The zero-order chi connectivity index (χ0) is 14.9. The molecule has 1 aliphatic rings. The van der Waals surface area contributed by atoms with Crippen LogP contribution in [0.15, 0.2) is 12.3 Å². The van der Waals surface area contributed by atoms with Crippen LogP contribution in [0.3, 0.4) is 0 Å². The highest BCUT2D eigenvalue weighted by Gasteiger charge is 2.34. The smallest absolute Gasteiger partial charge is 0.255 e. The lowest BCUT2D eigenvalue weighted by Gasteiger charge is -2.21. The molecule has 1 aliphatic heterocycles. The van der Waals surface area contributed by atoms with Crippen LogP contribution in [-0.4, -0.2) is 45.9 Å². The maximum Gasteiger partial charge on any atom is 0.255 e. The van der Waals surface area contributed by atoms with E-state index >= 15 is 0 Å². The van der Waals surface area contributed by atoms with Gasteiger partial charge in [0.2, 0.25) is 5.78 Å². The van der Waals surface area contributed by atoms with Crippen molar-refractivity contribution < 1.29 is 19.1 Å². The largest absolute Gasteiger partial charge is 0.376 e. The molecule has 0 spiro atoms. The number of halogens is 3. The van der Waals surface area contributed by atoms with E-state index in [-0.39, 0.29) is 18.1 Å². The average molecular weight is 341 g/mol. The first-order valence-electron chi connectivity index (χ1n) is 5.82. The molecule has 1 aromatic rings. The van der Waals surface area contributed by atoms with Gasteiger partial charge in [-0.2, -0.15) is 0 Å². The van der Waals surface area contributed by atoms with E-state index in [0.29, 0.717) is 18.8 Å². The summed E-state index contributed by atoms with van der Waals surface area (Å²) >= 11 is 16.7. The number of carbonyl (C=O) groups is 2. The fraction of sp³-hybridized carbons (Fsp3) is 0.500. The van der Waals surface area contributed by atoms with Crippen molar-refractivity contribution in [3.63, 3.8) is 0 Å². The summed E-state index contributed by atoms with van der Waals surface area (Å²) in [6, 6.07) is 1.39. The maximum absolute atomic E-state index is 12.2. The topological polar surface area (TPSA) is 57.5 Å². The van der Waals surface area contributed by atoms with Gasteiger partial charge in [0.15, 0.2) is 5.78 Å². The summed E-state index contributed by atoms with van der Waals surface area (Å²) in [5.74, 6) is -0.950. The average Bonchev–Trinajstić information content (AvgIpc) is 2.79. The molecule has 1 atom stereocenters. The normalized spacial score (nSPS) is 19.9. The molecule has 1 aromatic heterocycles. The van der Waals surface area contributed by atoms with Crippen LogP contribution in [0.2, 0.25) is 0 Å². The third kappa shape index (κ3) is 3.35. The standard InChI is InChI=1S/C12H12Cl3NO4/c1-16-5-7(4-8(16)11(18)12(13,14)15)10(17)9-6-19-2-3-20-9/h4-5,9H,2-3,6H2,1H3. The number of carbonyl (C=O) groups excluding carboxylic acids is 2. The van der Waals surface area contributed by atoms with Gasteiger partial charge in [0.05, 0.1) is 25.5 Å². The molecular formula is C12H12Cl3NO4. The van der Waals surface area contributed by atoms with Crippen LogP contribution in [0, 0.1) is 0 Å². The van der Waals surface area contributed by atoms with E-state index in [1.165, 1.54) is 16.8 Å². The minimum absolute atomic E-state index is 0.144. The number of aromatic nitrogens is 1. The fourth-order valence-electron chi connectivity index (χ4n) is 1.90. The van der Waals surface area contributed by atoms with E-state index in [0.717, 1.165) is 0 Å². The zero-order valence-corrected chi connectivity index (χ0v) is 12.8. The Hall–Kier alpha value is -0.590. The molecule has 5 nitrogen and oxygen atoms in total. The van der Waals surface area contributed by atoms with Gasteiger partial charge in [-0.1, -0.05) is 34.8 Å². The van der Waals surface area contributed by atoms with E-state index in [1.54, 1.807) is 7.05 Å². The van der Waals surface area contributed by atoms with Crippen LogP contribution in [0.4, 0.5) is 0 Å². The summed E-state index contributed by atoms with van der Waals surface area (Å²) < 4.78 is 9.89. The molecule has 0 bridgehead atoms. The SMILES string of the molecule is Cn1cc(C(=O)C2COCCO2)cc1C(=O)C(Cl)(Cl)Cl. The first-order valence-corrected chi connectivity index (χ1v) is 6.95. The highest BCUT2D eigenvalue weighted by Crippen LogP contribution is 2.31. The third-order valence-electron chi connectivity index (χ3n) is 2.89. The van der Waals surface area contributed by atoms with Crippen molar-refractivity contribution in [1.29, 1.82) is 0 Å². The van der Waals surface area contributed by atoms with Crippen molar-refractivity contribution in [2.45, 2.75) is 9.90 Å². The number of hydrogen-bond donors (Lipinski definition) is 0. The first kappa shape index (κ1) is 15.8. The van der Waals surface area contributed by atoms with Gasteiger partial charge in [0, 0.05) is 18.8 Å². The molecule has 8 heteroatoms. The van der Waals surface area contributed by atoms with E-state index in [1.807, 2.05) is 0 Å². The van der Waals surface area contributed by atoms with Gasteiger partial charge in [-0.25, -0.2) is 0 Å². The molecule has 20 heavy (non-hydrogen) atoms. The third-order valence-corrected chi connectivity index (χ3v) is 3.40. The van der Waals surface area contributed by atoms with Crippen LogP contribution in [0.25, 0.3) is 0 Å². The molecule has 0 amide bonds. The lowest BCUT2D eigenvalue weighted by Crippen LogP contribution is -2.35. The van der Waals surface area contributed by atoms with Gasteiger partial charge >= 0.3 is 0 Å². The number of ketones is 2. The van der Waals surface area contributed by atoms with Crippen LogP contribution in [0.1, 0.15) is 20.8 Å². The summed E-state index contributed by atoms with van der Waals surface area (Å²) in [6.45, 7) is 1.03. The minimum Gasteiger partial charge on any atom is -0.376 e. The Kier molecular flexibility index (Phi) is 4.76. The highest BCUT2D eigenvalue weighted by atomic mass is 35.6. The second kappa shape index (κ2) is 6.03. The van der Waals surface area contributed by atoms with E-state index in [4.69, 9.17) is 44.3 Å². The van der Waals surface area contributed by atoms with Crippen LogP contribution in [-0.2, 0) is 16.5 Å². The molecule has 0 N–H and O–H groups in total. The Bertz CT molecular complexity index is 529. The lowest BCUT2D eigenvalue weighted by atomic mass is 10.1. The van der Waals surface area contributed by atoms with Crippen molar-refractivity contribution in [1.82, 2.24) is 4.57 Å². The predicted octanol–water partition coefficient (Wildman–Crippen LogP) is 2.18. The molecule has 1 saturated heterocycles. The molecule has 0 aromatic carbocycles. The number of Topliss-reactive ketones (excluding diaryl/α,β-unsaturated/α-hetero) is 2. The molecule has 0 aliphatic carbocycles. The molecule has 0 radical (unpaired) electrons. The Morgan fingerprint density at radius 3 is 2.60 bits per heavy atom. The summed E-state index contributed by atoms with van der Waals surface area (Å²) in [5, 5.41) is 0. The number of nitrogens with zero attached hydrogens (tertiary/aromatic N) is 1. The number of hydrogen-bond acceptors (Lipinski definition) is 4. The molecular weight excluding hydrogens is 328 g/mol. The van der Waals surface area contributed by atoms with Gasteiger partial charge in [-0.3, -0.25) is 9.59 Å². The van der Waals surface area contributed by atoms with E-state index in [9.17, 15) is 9.59 Å². The van der Waals surface area contributed by atoms with Crippen molar-refractivity contribution in [3.8, 4) is 0 Å².